The highest BCUT2D eigenvalue weighted by atomic mass is 16.7. The molecule has 132 valence electrons. The molecule has 0 aliphatic carbocycles. The highest BCUT2D eigenvalue weighted by Gasteiger charge is 2.27. The Labute approximate surface area is 142 Å². The van der Waals surface area contributed by atoms with Crippen LogP contribution in [0.4, 0.5) is 0 Å². The lowest BCUT2D eigenvalue weighted by molar-refractivity contribution is -0.0776. The van der Waals surface area contributed by atoms with Crippen LogP contribution in [0.3, 0.4) is 0 Å². The number of phenolic OH excluding ortho intramolecular Hbond substituents is 1. The van der Waals surface area contributed by atoms with Crippen LogP contribution < -0.4 is 4.74 Å². The maximum Gasteiger partial charge on any atom is 0.199 e. The number of hydrogen-bond donors (Lipinski definition) is 1. The SMILES string of the molecule is CCOC(CC)Oc1ccc(C(CC(C)C)C(C)(C)C)cc1O. The van der Waals surface area contributed by atoms with Gasteiger partial charge in [0.1, 0.15) is 0 Å². The summed E-state index contributed by atoms with van der Waals surface area (Å²) < 4.78 is 11.3. The normalized spacial score (nSPS) is 14.8. The van der Waals surface area contributed by atoms with Gasteiger partial charge < -0.3 is 14.6 Å². The molecule has 2 atom stereocenters. The van der Waals surface area contributed by atoms with Crippen molar-refractivity contribution in [2.75, 3.05) is 6.61 Å². The predicted octanol–water partition coefficient (Wildman–Crippen LogP) is 5.72. The summed E-state index contributed by atoms with van der Waals surface area (Å²) in [6.45, 7) is 15.8. The van der Waals surface area contributed by atoms with Crippen molar-refractivity contribution in [3.63, 3.8) is 0 Å². The van der Waals surface area contributed by atoms with E-state index in [0.717, 1.165) is 12.8 Å². The van der Waals surface area contributed by atoms with Crippen molar-refractivity contribution in [3.05, 3.63) is 23.8 Å². The highest BCUT2D eigenvalue weighted by molar-refractivity contribution is 5.43. The first-order valence-corrected chi connectivity index (χ1v) is 8.80. The third-order valence-electron chi connectivity index (χ3n) is 4.08. The van der Waals surface area contributed by atoms with Gasteiger partial charge in [-0.05, 0) is 48.3 Å². The van der Waals surface area contributed by atoms with Crippen molar-refractivity contribution in [2.24, 2.45) is 11.3 Å². The Hall–Kier alpha value is -1.22. The minimum Gasteiger partial charge on any atom is -0.504 e. The number of phenols is 1. The van der Waals surface area contributed by atoms with E-state index in [-0.39, 0.29) is 17.5 Å². The average molecular weight is 322 g/mol. The molecule has 0 bridgehead atoms. The third-order valence-corrected chi connectivity index (χ3v) is 4.08. The molecule has 2 unspecified atom stereocenters. The number of hydrogen-bond acceptors (Lipinski definition) is 3. The summed E-state index contributed by atoms with van der Waals surface area (Å²) >= 11 is 0. The Kier molecular flexibility index (Phi) is 7.40. The van der Waals surface area contributed by atoms with E-state index in [1.807, 2.05) is 26.0 Å². The summed E-state index contributed by atoms with van der Waals surface area (Å²) in [7, 11) is 0. The molecule has 1 aromatic carbocycles. The number of aromatic hydroxyl groups is 1. The van der Waals surface area contributed by atoms with Gasteiger partial charge in [0.25, 0.3) is 0 Å². The molecule has 1 aromatic rings. The van der Waals surface area contributed by atoms with Gasteiger partial charge in [-0.15, -0.1) is 0 Å². The second-order valence-electron chi connectivity index (χ2n) is 7.69. The monoisotopic (exact) mass is 322 g/mol. The lowest BCUT2D eigenvalue weighted by Gasteiger charge is -2.33. The maximum atomic E-state index is 10.4. The van der Waals surface area contributed by atoms with Gasteiger partial charge in [0.2, 0.25) is 0 Å². The molecule has 0 aliphatic rings. The Balaban J connectivity index is 3.00. The summed E-state index contributed by atoms with van der Waals surface area (Å²) in [4.78, 5) is 0. The average Bonchev–Trinajstić information content (AvgIpc) is 2.44. The zero-order chi connectivity index (χ0) is 17.6. The summed E-state index contributed by atoms with van der Waals surface area (Å²) in [5.41, 5.74) is 1.32. The number of rotatable bonds is 8. The molecule has 0 fully saturated rings. The Morgan fingerprint density at radius 2 is 1.78 bits per heavy atom. The third kappa shape index (κ3) is 6.06. The largest absolute Gasteiger partial charge is 0.504 e. The van der Waals surface area contributed by atoms with Gasteiger partial charge in [-0.3, -0.25) is 0 Å². The van der Waals surface area contributed by atoms with Crippen molar-refractivity contribution in [2.45, 2.75) is 73.5 Å². The topological polar surface area (TPSA) is 38.7 Å². The van der Waals surface area contributed by atoms with Gasteiger partial charge >= 0.3 is 0 Å². The van der Waals surface area contributed by atoms with Crippen molar-refractivity contribution in [3.8, 4) is 11.5 Å². The van der Waals surface area contributed by atoms with Crippen molar-refractivity contribution < 1.29 is 14.6 Å². The van der Waals surface area contributed by atoms with Gasteiger partial charge in [-0.2, -0.15) is 0 Å². The summed E-state index contributed by atoms with van der Waals surface area (Å²) in [6.07, 6.45) is 1.53. The van der Waals surface area contributed by atoms with Crippen LogP contribution in [0.2, 0.25) is 0 Å². The van der Waals surface area contributed by atoms with Crippen molar-refractivity contribution in [1.82, 2.24) is 0 Å². The molecule has 0 aliphatic heterocycles. The van der Waals surface area contributed by atoms with E-state index in [0.29, 0.717) is 24.2 Å². The number of benzene rings is 1. The molecule has 0 saturated carbocycles. The molecule has 0 heterocycles. The minimum atomic E-state index is -0.314. The molecule has 3 nitrogen and oxygen atoms in total. The second-order valence-corrected chi connectivity index (χ2v) is 7.69. The molecule has 0 amide bonds. The van der Waals surface area contributed by atoms with Crippen LogP contribution in [0.15, 0.2) is 18.2 Å². The first-order chi connectivity index (χ1) is 10.7. The minimum absolute atomic E-state index is 0.149. The quantitative estimate of drug-likeness (QED) is 0.622. The standard InChI is InChI=1S/C20H34O3/c1-8-19(22-9-2)23-18-11-10-15(13-17(18)21)16(12-14(3)4)20(5,6)7/h10-11,13-14,16,19,21H,8-9,12H2,1-7H3. The van der Waals surface area contributed by atoms with Crippen LogP contribution in [-0.2, 0) is 4.74 Å². The first kappa shape index (κ1) is 19.8. The zero-order valence-corrected chi connectivity index (χ0v) is 15.8. The van der Waals surface area contributed by atoms with Crippen LogP contribution >= 0.6 is 0 Å². The zero-order valence-electron chi connectivity index (χ0n) is 15.8. The molecule has 0 saturated heterocycles. The number of ether oxygens (including phenoxy) is 2. The molecule has 0 aromatic heterocycles. The fourth-order valence-electron chi connectivity index (χ4n) is 2.87. The summed E-state index contributed by atoms with van der Waals surface area (Å²) in [6, 6.07) is 5.80. The molecule has 0 radical (unpaired) electrons. The van der Waals surface area contributed by atoms with Gasteiger partial charge in [0.05, 0.1) is 0 Å². The lowest BCUT2D eigenvalue weighted by atomic mass is 9.72. The second kappa shape index (κ2) is 8.58. The molecule has 1 rings (SSSR count). The Morgan fingerprint density at radius 3 is 2.22 bits per heavy atom. The van der Waals surface area contributed by atoms with Crippen LogP contribution in [-0.4, -0.2) is 18.0 Å². The van der Waals surface area contributed by atoms with E-state index >= 15 is 0 Å². The van der Waals surface area contributed by atoms with Crippen LogP contribution in [0.5, 0.6) is 11.5 Å². The van der Waals surface area contributed by atoms with Crippen LogP contribution in [0.1, 0.15) is 72.8 Å². The summed E-state index contributed by atoms with van der Waals surface area (Å²) in [5.74, 6) is 1.70. The smallest absolute Gasteiger partial charge is 0.199 e. The van der Waals surface area contributed by atoms with Crippen LogP contribution in [0, 0.1) is 11.3 Å². The molecular formula is C20H34O3. The van der Waals surface area contributed by atoms with Crippen LogP contribution in [0.25, 0.3) is 0 Å². The highest BCUT2D eigenvalue weighted by Crippen LogP contribution is 2.42. The lowest BCUT2D eigenvalue weighted by Crippen LogP contribution is -2.21. The molecular weight excluding hydrogens is 288 g/mol. The molecule has 1 N–H and O–H groups in total. The van der Waals surface area contributed by atoms with E-state index in [1.54, 1.807) is 0 Å². The fraction of sp³-hybridized carbons (Fsp3) is 0.700. The maximum absolute atomic E-state index is 10.4. The van der Waals surface area contributed by atoms with Gasteiger partial charge in [-0.1, -0.05) is 47.6 Å². The Bertz CT molecular complexity index is 474. The van der Waals surface area contributed by atoms with E-state index in [1.165, 1.54) is 5.56 Å². The Morgan fingerprint density at radius 1 is 1.13 bits per heavy atom. The summed E-state index contributed by atoms with van der Waals surface area (Å²) in [5, 5.41) is 10.4. The first-order valence-electron chi connectivity index (χ1n) is 8.80. The predicted molar refractivity (Wildman–Crippen MR) is 96.1 cm³/mol. The van der Waals surface area contributed by atoms with Gasteiger partial charge in [0, 0.05) is 13.0 Å². The van der Waals surface area contributed by atoms with Gasteiger partial charge in [-0.25, -0.2) is 0 Å². The fourth-order valence-corrected chi connectivity index (χ4v) is 2.87. The van der Waals surface area contributed by atoms with E-state index < -0.39 is 0 Å². The van der Waals surface area contributed by atoms with E-state index in [2.05, 4.69) is 40.7 Å². The van der Waals surface area contributed by atoms with E-state index in [9.17, 15) is 5.11 Å². The molecule has 23 heavy (non-hydrogen) atoms. The molecule has 3 heteroatoms. The van der Waals surface area contributed by atoms with Crippen molar-refractivity contribution in [1.29, 1.82) is 0 Å². The van der Waals surface area contributed by atoms with E-state index in [4.69, 9.17) is 9.47 Å². The van der Waals surface area contributed by atoms with Crippen molar-refractivity contribution >= 4 is 0 Å². The van der Waals surface area contributed by atoms with Gasteiger partial charge in [0.15, 0.2) is 17.8 Å². The molecule has 0 spiro atoms.